The largest absolute Gasteiger partial charge is 0.486 e. The zero-order chi connectivity index (χ0) is 28.2. The molecule has 4 aliphatic heterocycles. The summed E-state index contributed by atoms with van der Waals surface area (Å²) in [6.45, 7) is 4.20. The van der Waals surface area contributed by atoms with Crippen LogP contribution < -0.4 is 20.7 Å². The summed E-state index contributed by atoms with van der Waals surface area (Å²) in [7, 11) is 1.73. The van der Waals surface area contributed by atoms with Crippen LogP contribution in [0.4, 0.5) is 10.3 Å². The number of benzene rings is 1. The first-order valence-corrected chi connectivity index (χ1v) is 14.3. The first kappa shape index (κ1) is 27.4. The Labute approximate surface area is 239 Å². The fourth-order valence-corrected chi connectivity index (χ4v) is 5.89. The number of methoxy groups -OCH3 is 1. The van der Waals surface area contributed by atoms with Gasteiger partial charge in [0.1, 0.15) is 30.3 Å². The zero-order valence-corrected chi connectivity index (χ0v) is 23.2. The molecule has 0 radical (unpaired) electrons. The van der Waals surface area contributed by atoms with Gasteiger partial charge in [-0.2, -0.15) is 5.26 Å². The second-order valence-corrected chi connectivity index (χ2v) is 10.8. The molecular weight excluding hydrogens is 525 g/mol. The van der Waals surface area contributed by atoms with E-state index >= 15 is 0 Å². The number of piperidine rings is 2. The van der Waals surface area contributed by atoms with Gasteiger partial charge in [-0.3, -0.25) is 0 Å². The van der Waals surface area contributed by atoms with Crippen molar-refractivity contribution >= 4 is 5.95 Å². The molecule has 0 amide bonds. The number of hydrogen-bond acceptors (Lipinski definition) is 10. The molecule has 10 nitrogen and oxygen atoms in total. The van der Waals surface area contributed by atoms with Crippen molar-refractivity contribution in [2.24, 2.45) is 5.92 Å². The van der Waals surface area contributed by atoms with Crippen molar-refractivity contribution in [3.05, 3.63) is 59.6 Å². The van der Waals surface area contributed by atoms with Gasteiger partial charge in [-0.05, 0) is 75.2 Å². The summed E-state index contributed by atoms with van der Waals surface area (Å²) in [5.74, 6) is 2.16. The molecule has 5 heterocycles. The van der Waals surface area contributed by atoms with Crippen molar-refractivity contribution in [2.45, 2.75) is 43.7 Å². The summed E-state index contributed by atoms with van der Waals surface area (Å²) in [4.78, 5) is 11.5. The predicted molar refractivity (Wildman–Crippen MR) is 152 cm³/mol. The zero-order valence-electron chi connectivity index (χ0n) is 23.2. The van der Waals surface area contributed by atoms with E-state index in [-0.39, 0.29) is 18.8 Å². The van der Waals surface area contributed by atoms with E-state index in [1.165, 1.54) is 5.57 Å². The third kappa shape index (κ3) is 5.86. The highest BCUT2D eigenvalue weighted by molar-refractivity contribution is 5.65. The Balaban J connectivity index is 1.22. The number of allylic oxidation sites excluding steroid dienone is 2. The Bertz CT molecular complexity index is 1340. The van der Waals surface area contributed by atoms with Gasteiger partial charge in [0.25, 0.3) is 0 Å². The summed E-state index contributed by atoms with van der Waals surface area (Å²) >= 11 is 0. The van der Waals surface area contributed by atoms with Crippen LogP contribution in [0.2, 0.25) is 0 Å². The molecule has 41 heavy (non-hydrogen) atoms. The molecule has 3 saturated heterocycles. The minimum absolute atomic E-state index is 0.182. The molecule has 1 aromatic carbocycles. The van der Waals surface area contributed by atoms with Gasteiger partial charge in [-0.1, -0.05) is 6.08 Å². The molecular formula is C30H36FN7O3. The number of alkyl halides is 1. The second-order valence-electron chi connectivity index (χ2n) is 10.8. The highest BCUT2D eigenvalue weighted by Crippen LogP contribution is 2.35. The van der Waals surface area contributed by atoms with E-state index < -0.39 is 12.3 Å². The Morgan fingerprint density at radius 2 is 1.98 bits per heavy atom. The molecule has 4 aliphatic rings. The number of nitrogens with zero attached hydrogens (tertiary/aromatic N) is 4. The van der Waals surface area contributed by atoms with Crippen molar-refractivity contribution in [1.29, 1.82) is 5.26 Å². The van der Waals surface area contributed by atoms with Crippen molar-refractivity contribution in [3.63, 3.8) is 0 Å². The normalized spacial score (nSPS) is 25.4. The third-order valence-corrected chi connectivity index (χ3v) is 8.18. The summed E-state index contributed by atoms with van der Waals surface area (Å²) in [5.41, 5.74) is 2.97. The third-order valence-electron chi connectivity index (χ3n) is 8.18. The summed E-state index contributed by atoms with van der Waals surface area (Å²) in [5, 5.41) is 19.7. The fraction of sp³-hybridized carbons (Fsp3) is 0.500. The summed E-state index contributed by atoms with van der Waals surface area (Å²) in [6, 6.07) is 9.46. The first-order valence-electron chi connectivity index (χ1n) is 14.3. The SMILES string of the molecule is COC1=C(C2CCNCC2)C=CC(Nc2nccc(-c3ccc(O[C@H]4CCNC[C@H]4F)c(C#N)c3)n2)N1C1COC1. The minimum atomic E-state index is -1.12. The quantitative estimate of drug-likeness (QED) is 0.444. The molecule has 3 fully saturated rings. The lowest BCUT2D eigenvalue weighted by atomic mass is 9.88. The summed E-state index contributed by atoms with van der Waals surface area (Å²) in [6.07, 6.45) is 6.81. The molecule has 0 aliphatic carbocycles. The molecule has 1 aromatic heterocycles. The van der Waals surface area contributed by atoms with Crippen LogP contribution >= 0.6 is 0 Å². The second kappa shape index (κ2) is 12.4. The van der Waals surface area contributed by atoms with Gasteiger partial charge in [0, 0.05) is 23.9 Å². The predicted octanol–water partition coefficient (Wildman–Crippen LogP) is 2.96. The smallest absolute Gasteiger partial charge is 0.225 e. The van der Waals surface area contributed by atoms with Crippen molar-refractivity contribution < 1.29 is 18.6 Å². The van der Waals surface area contributed by atoms with Gasteiger partial charge in [0.05, 0.1) is 37.6 Å². The number of nitriles is 1. The van der Waals surface area contributed by atoms with Gasteiger partial charge in [0.15, 0.2) is 5.88 Å². The minimum Gasteiger partial charge on any atom is -0.486 e. The van der Waals surface area contributed by atoms with E-state index in [4.69, 9.17) is 19.2 Å². The number of ether oxygens (including phenoxy) is 3. The average Bonchev–Trinajstić information content (AvgIpc) is 2.99. The van der Waals surface area contributed by atoms with Gasteiger partial charge >= 0.3 is 0 Å². The van der Waals surface area contributed by atoms with Crippen molar-refractivity contribution in [1.82, 2.24) is 25.5 Å². The Morgan fingerprint density at radius 1 is 1.15 bits per heavy atom. The van der Waals surface area contributed by atoms with E-state index in [1.54, 1.807) is 31.5 Å². The van der Waals surface area contributed by atoms with E-state index in [2.05, 4.69) is 44.1 Å². The van der Waals surface area contributed by atoms with E-state index in [0.717, 1.165) is 37.4 Å². The van der Waals surface area contributed by atoms with Crippen LogP contribution in [0.15, 0.2) is 54.1 Å². The van der Waals surface area contributed by atoms with Gasteiger partial charge < -0.3 is 35.1 Å². The number of halogens is 1. The lowest BCUT2D eigenvalue weighted by Gasteiger charge is -2.46. The number of nitrogens with one attached hydrogen (secondary N) is 3. The number of rotatable bonds is 8. The van der Waals surface area contributed by atoms with Gasteiger partial charge in [-0.25, -0.2) is 14.4 Å². The highest BCUT2D eigenvalue weighted by atomic mass is 19.1. The van der Waals surface area contributed by atoms with Gasteiger partial charge in [-0.15, -0.1) is 0 Å². The topological polar surface area (TPSA) is 117 Å². The van der Waals surface area contributed by atoms with Crippen molar-refractivity contribution in [2.75, 3.05) is 51.8 Å². The highest BCUT2D eigenvalue weighted by Gasteiger charge is 2.38. The number of anilines is 1. The monoisotopic (exact) mass is 561 g/mol. The maximum Gasteiger partial charge on any atom is 0.225 e. The van der Waals surface area contributed by atoms with E-state index in [9.17, 15) is 9.65 Å². The molecule has 3 atom stereocenters. The Hall–Kier alpha value is -3.72. The molecule has 1 unspecified atom stereocenters. The maximum atomic E-state index is 14.3. The van der Waals surface area contributed by atoms with Crippen LogP contribution in [0.1, 0.15) is 24.8 Å². The van der Waals surface area contributed by atoms with Crippen molar-refractivity contribution in [3.8, 4) is 23.1 Å². The molecule has 0 bridgehead atoms. The number of hydrogen-bond donors (Lipinski definition) is 3. The fourth-order valence-electron chi connectivity index (χ4n) is 5.89. The lowest BCUT2D eigenvalue weighted by molar-refractivity contribution is -0.0776. The standard InChI is InChI=1S/C30H36FN7O3/c1-39-29-23(19-6-10-33-11-7-19)3-5-28(38(29)22-17-40-18-22)37-30-35-13-8-25(36-30)20-2-4-26(21(14-20)15-32)41-27-9-12-34-16-24(27)31/h2-5,8,13-14,19,22,24,27-28,33-34H,6-7,9-12,16-18H2,1H3,(H,35,36,37)/t24-,27+,28?/m1/s1. The Morgan fingerprint density at radius 3 is 2.71 bits per heavy atom. The van der Waals surface area contributed by atoms with E-state index in [0.29, 0.717) is 55.1 Å². The number of aromatic nitrogens is 2. The molecule has 2 aromatic rings. The van der Waals surface area contributed by atoms with Crippen LogP contribution in [0.3, 0.4) is 0 Å². The molecule has 0 spiro atoms. The molecule has 6 rings (SSSR count). The van der Waals surface area contributed by atoms with Crippen LogP contribution in [0.5, 0.6) is 5.75 Å². The van der Waals surface area contributed by atoms with Crippen LogP contribution in [-0.4, -0.2) is 85.9 Å². The average molecular weight is 562 g/mol. The van der Waals surface area contributed by atoms with E-state index in [1.807, 2.05) is 6.07 Å². The lowest BCUT2D eigenvalue weighted by Crippen LogP contribution is -2.56. The van der Waals surface area contributed by atoms with Crippen LogP contribution in [0.25, 0.3) is 11.3 Å². The maximum absolute atomic E-state index is 14.3. The first-order chi connectivity index (χ1) is 20.1. The van der Waals surface area contributed by atoms with Crippen LogP contribution in [0, 0.1) is 17.2 Å². The molecule has 11 heteroatoms. The Kier molecular flexibility index (Phi) is 8.32. The molecule has 216 valence electrons. The molecule has 3 N–H and O–H groups in total. The molecule has 0 saturated carbocycles. The summed E-state index contributed by atoms with van der Waals surface area (Å²) < 4.78 is 31.8. The van der Waals surface area contributed by atoms with Gasteiger partial charge in [0.2, 0.25) is 5.95 Å². The van der Waals surface area contributed by atoms with Crippen LogP contribution in [-0.2, 0) is 9.47 Å².